The van der Waals surface area contributed by atoms with E-state index in [9.17, 15) is 14.7 Å². The first-order valence-corrected chi connectivity index (χ1v) is 7.85. The standard InChI is InChI=1S/C18H18ClNO5/c1-10-5-4-6-13(16(10)21)18(23)25-11(2)17(22)20-14-9-12(19)7-8-15(14)24-3/h4-9,11,21H,1-3H3,(H,20,22). The summed E-state index contributed by atoms with van der Waals surface area (Å²) < 4.78 is 10.3. The molecule has 0 saturated heterocycles. The molecule has 0 saturated carbocycles. The summed E-state index contributed by atoms with van der Waals surface area (Å²) in [4.78, 5) is 24.4. The van der Waals surface area contributed by atoms with Gasteiger partial charge in [0.25, 0.3) is 5.91 Å². The molecule has 2 aromatic rings. The van der Waals surface area contributed by atoms with Crippen molar-refractivity contribution in [1.29, 1.82) is 0 Å². The maximum atomic E-state index is 12.3. The van der Waals surface area contributed by atoms with Crippen molar-refractivity contribution >= 4 is 29.2 Å². The van der Waals surface area contributed by atoms with Gasteiger partial charge in [-0.05, 0) is 43.7 Å². The number of ether oxygens (including phenoxy) is 2. The Balaban J connectivity index is 2.09. The molecule has 0 aliphatic rings. The second-order valence-electron chi connectivity index (χ2n) is 5.35. The van der Waals surface area contributed by atoms with Gasteiger partial charge in [0.15, 0.2) is 6.10 Å². The van der Waals surface area contributed by atoms with E-state index in [1.54, 1.807) is 31.2 Å². The molecule has 0 spiro atoms. The first kappa shape index (κ1) is 18.6. The van der Waals surface area contributed by atoms with Crippen LogP contribution in [0.3, 0.4) is 0 Å². The van der Waals surface area contributed by atoms with Gasteiger partial charge in [-0.15, -0.1) is 0 Å². The molecule has 1 unspecified atom stereocenters. The zero-order valence-corrected chi connectivity index (χ0v) is 14.8. The number of rotatable bonds is 5. The van der Waals surface area contributed by atoms with E-state index in [1.165, 1.54) is 26.2 Å². The van der Waals surface area contributed by atoms with Crippen LogP contribution >= 0.6 is 11.6 Å². The van der Waals surface area contributed by atoms with Gasteiger partial charge in [-0.3, -0.25) is 4.79 Å². The molecule has 0 fully saturated rings. The number of anilines is 1. The number of benzene rings is 2. The number of halogens is 1. The number of amides is 1. The Morgan fingerprint density at radius 1 is 1.24 bits per heavy atom. The Labute approximate surface area is 150 Å². The zero-order valence-electron chi connectivity index (χ0n) is 14.0. The maximum absolute atomic E-state index is 12.3. The van der Waals surface area contributed by atoms with E-state index < -0.39 is 18.0 Å². The number of carbonyl (C=O) groups is 2. The minimum absolute atomic E-state index is 0.0000129. The highest BCUT2D eigenvalue weighted by Crippen LogP contribution is 2.28. The van der Waals surface area contributed by atoms with Crippen molar-refractivity contribution < 1.29 is 24.2 Å². The van der Waals surface area contributed by atoms with Crippen molar-refractivity contribution in [2.75, 3.05) is 12.4 Å². The van der Waals surface area contributed by atoms with Gasteiger partial charge in [0.2, 0.25) is 0 Å². The quantitative estimate of drug-likeness (QED) is 0.793. The lowest BCUT2D eigenvalue weighted by Crippen LogP contribution is -2.30. The summed E-state index contributed by atoms with van der Waals surface area (Å²) >= 11 is 5.91. The number of nitrogens with one attached hydrogen (secondary N) is 1. The number of carbonyl (C=O) groups excluding carboxylic acids is 2. The first-order valence-electron chi connectivity index (χ1n) is 7.47. The van der Waals surface area contributed by atoms with Crippen molar-refractivity contribution in [2.45, 2.75) is 20.0 Å². The summed E-state index contributed by atoms with van der Waals surface area (Å²) in [5.74, 6) is -1.09. The van der Waals surface area contributed by atoms with Gasteiger partial charge in [-0.1, -0.05) is 23.7 Å². The molecular weight excluding hydrogens is 346 g/mol. The van der Waals surface area contributed by atoms with Crippen LogP contribution in [0.15, 0.2) is 36.4 Å². The highest BCUT2D eigenvalue weighted by atomic mass is 35.5. The van der Waals surface area contributed by atoms with Gasteiger partial charge in [0.1, 0.15) is 17.1 Å². The Bertz CT molecular complexity index is 806. The molecule has 0 aliphatic carbocycles. The third-order valence-electron chi connectivity index (χ3n) is 3.53. The van der Waals surface area contributed by atoms with E-state index in [-0.39, 0.29) is 11.3 Å². The lowest BCUT2D eigenvalue weighted by molar-refractivity contribution is -0.123. The molecule has 25 heavy (non-hydrogen) atoms. The van der Waals surface area contributed by atoms with Crippen molar-refractivity contribution in [3.63, 3.8) is 0 Å². The summed E-state index contributed by atoms with van der Waals surface area (Å²) in [7, 11) is 1.46. The summed E-state index contributed by atoms with van der Waals surface area (Å²) in [5, 5.41) is 12.9. The summed E-state index contributed by atoms with van der Waals surface area (Å²) in [6.07, 6.45) is -1.09. The Kier molecular flexibility index (Phi) is 5.88. The van der Waals surface area contributed by atoms with Crippen LogP contribution in [-0.2, 0) is 9.53 Å². The predicted molar refractivity (Wildman–Crippen MR) is 94.4 cm³/mol. The van der Waals surface area contributed by atoms with Crippen LogP contribution in [0.25, 0.3) is 0 Å². The third kappa shape index (κ3) is 4.42. The number of aryl methyl sites for hydroxylation is 1. The van der Waals surface area contributed by atoms with Gasteiger partial charge in [0, 0.05) is 5.02 Å². The fourth-order valence-electron chi connectivity index (χ4n) is 2.11. The van der Waals surface area contributed by atoms with E-state index in [0.29, 0.717) is 22.0 Å². The van der Waals surface area contributed by atoms with Crippen LogP contribution in [0.2, 0.25) is 5.02 Å². The van der Waals surface area contributed by atoms with Gasteiger partial charge in [-0.25, -0.2) is 4.79 Å². The van der Waals surface area contributed by atoms with Crippen LogP contribution in [0, 0.1) is 6.92 Å². The van der Waals surface area contributed by atoms with E-state index in [1.807, 2.05) is 0 Å². The molecule has 132 valence electrons. The normalized spacial score (nSPS) is 11.5. The number of esters is 1. The molecule has 6 nitrogen and oxygen atoms in total. The van der Waals surface area contributed by atoms with Gasteiger partial charge in [-0.2, -0.15) is 0 Å². The van der Waals surface area contributed by atoms with Crippen LogP contribution in [-0.4, -0.2) is 30.2 Å². The molecule has 0 bridgehead atoms. The molecule has 2 rings (SSSR count). The number of hydrogen-bond acceptors (Lipinski definition) is 5. The number of hydrogen-bond donors (Lipinski definition) is 2. The van der Waals surface area contributed by atoms with Crippen molar-refractivity contribution in [1.82, 2.24) is 0 Å². The fourth-order valence-corrected chi connectivity index (χ4v) is 2.29. The zero-order chi connectivity index (χ0) is 18.6. The molecule has 0 aromatic heterocycles. The molecule has 2 N–H and O–H groups in total. The van der Waals surface area contributed by atoms with Crippen molar-refractivity contribution in [3.05, 3.63) is 52.5 Å². The lowest BCUT2D eigenvalue weighted by atomic mass is 10.1. The predicted octanol–water partition coefficient (Wildman–Crippen LogP) is 3.55. The fraction of sp³-hybridized carbons (Fsp3) is 0.222. The Morgan fingerprint density at radius 2 is 1.96 bits per heavy atom. The SMILES string of the molecule is COc1ccc(Cl)cc1NC(=O)C(C)OC(=O)c1cccc(C)c1O. The van der Waals surface area contributed by atoms with Crippen molar-refractivity contribution in [2.24, 2.45) is 0 Å². The number of methoxy groups -OCH3 is 1. The number of phenols is 1. The van der Waals surface area contributed by atoms with E-state index in [2.05, 4.69) is 5.32 Å². The number of phenolic OH excluding ortho intramolecular Hbond substituents is 1. The monoisotopic (exact) mass is 363 g/mol. The molecule has 2 aromatic carbocycles. The topological polar surface area (TPSA) is 84.9 Å². The van der Waals surface area contributed by atoms with Crippen LogP contribution < -0.4 is 10.1 Å². The van der Waals surface area contributed by atoms with Gasteiger partial charge in [0.05, 0.1) is 12.8 Å². The summed E-state index contributed by atoms with van der Waals surface area (Å²) in [6.45, 7) is 3.09. The molecular formula is C18H18ClNO5. The second-order valence-corrected chi connectivity index (χ2v) is 5.79. The molecule has 1 atom stereocenters. The Hall–Kier alpha value is -2.73. The Morgan fingerprint density at radius 3 is 2.64 bits per heavy atom. The molecule has 7 heteroatoms. The number of para-hydroxylation sites is 1. The molecule has 0 aliphatic heterocycles. The van der Waals surface area contributed by atoms with Crippen LogP contribution in [0.1, 0.15) is 22.8 Å². The third-order valence-corrected chi connectivity index (χ3v) is 3.77. The minimum Gasteiger partial charge on any atom is -0.507 e. The van der Waals surface area contributed by atoms with E-state index >= 15 is 0 Å². The molecule has 0 heterocycles. The van der Waals surface area contributed by atoms with E-state index in [4.69, 9.17) is 21.1 Å². The highest BCUT2D eigenvalue weighted by molar-refractivity contribution is 6.31. The van der Waals surface area contributed by atoms with E-state index in [0.717, 1.165) is 0 Å². The van der Waals surface area contributed by atoms with Crippen LogP contribution in [0.5, 0.6) is 11.5 Å². The van der Waals surface area contributed by atoms with Crippen LogP contribution in [0.4, 0.5) is 5.69 Å². The average molecular weight is 364 g/mol. The smallest absolute Gasteiger partial charge is 0.342 e. The lowest BCUT2D eigenvalue weighted by Gasteiger charge is -2.16. The average Bonchev–Trinajstić information content (AvgIpc) is 2.57. The molecule has 0 radical (unpaired) electrons. The largest absolute Gasteiger partial charge is 0.507 e. The second kappa shape index (κ2) is 7.90. The highest BCUT2D eigenvalue weighted by Gasteiger charge is 2.22. The first-order chi connectivity index (χ1) is 11.8. The summed E-state index contributed by atoms with van der Waals surface area (Å²) in [5.41, 5.74) is 0.900. The van der Waals surface area contributed by atoms with Gasteiger partial charge < -0.3 is 19.9 Å². The maximum Gasteiger partial charge on any atom is 0.342 e. The minimum atomic E-state index is -1.09. The van der Waals surface area contributed by atoms with Gasteiger partial charge >= 0.3 is 5.97 Å². The van der Waals surface area contributed by atoms with Crippen molar-refractivity contribution in [3.8, 4) is 11.5 Å². The number of aromatic hydroxyl groups is 1. The summed E-state index contributed by atoms with van der Waals surface area (Å²) in [6, 6.07) is 9.47. The molecule has 1 amide bonds.